The summed E-state index contributed by atoms with van der Waals surface area (Å²) in [5.41, 5.74) is 0.597. The van der Waals surface area contributed by atoms with Gasteiger partial charge in [0.05, 0.1) is 7.85 Å². The smallest absolute Gasteiger partial charge is 0.0707 e. The molecule has 2 fully saturated rings. The summed E-state index contributed by atoms with van der Waals surface area (Å²) in [5.74, 6) is 3.67. The highest BCUT2D eigenvalue weighted by Gasteiger charge is 2.51. The summed E-state index contributed by atoms with van der Waals surface area (Å²) in [6, 6.07) is 0. The zero-order valence-corrected chi connectivity index (χ0v) is 11.5. The van der Waals surface area contributed by atoms with Crippen molar-refractivity contribution in [3.8, 4) is 0 Å². The molecule has 1 heteroatoms. The Labute approximate surface area is 103 Å². The number of rotatable bonds is 1. The molecule has 5 atom stereocenters. The maximum Gasteiger partial charge on any atom is 0.0707 e. The minimum atomic E-state index is 0.438. The fourth-order valence-corrected chi connectivity index (χ4v) is 4.79. The molecule has 2 aliphatic carbocycles. The molecule has 0 aliphatic heterocycles. The van der Waals surface area contributed by atoms with Crippen molar-refractivity contribution in [3.63, 3.8) is 0 Å². The van der Waals surface area contributed by atoms with E-state index in [1.165, 1.54) is 32.1 Å². The molecule has 90 valence electrons. The Balaban J connectivity index is 2.23. The van der Waals surface area contributed by atoms with E-state index in [0.29, 0.717) is 11.2 Å². The predicted octanol–water partition coefficient (Wildman–Crippen LogP) is 4.45. The van der Waals surface area contributed by atoms with Gasteiger partial charge in [-0.2, -0.15) is 0 Å². The van der Waals surface area contributed by atoms with Crippen LogP contribution in [0.15, 0.2) is 0 Å². The van der Waals surface area contributed by atoms with E-state index in [4.69, 9.17) is 7.85 Å². The van der Waals surface area contributed by atoms with E-state index in [1.807, 2.05) is 0 Å². The fourth-order valence-electron chi connectivity index (χ4n) is 4.79. The highest BCUT2D eigenvalue weighted by Crippen LogP contribution is 2.61. The maximum atomic E-state index is 6.44. The molecule has 0 aromatic carbocycles. The summed E-state index contributed by atoms with van der Waals surface area (Å²) < 4.78 is 0. The molecule has 0 saturated heterocycles. The largest absolute Gasteiger partial charge is 0.0718 e. The molecule has 5 unspecified atom stereocenters. The van der Waals surface area contributed by atoms with E-state index in [1.54, 1.807) is 0 Å². The van der Waals surface area contributed by atoms with Gasteiger partial charge in [0.2, 0.25) is 0 Å². The monoisotopic (exact) mass is 218 g/mol. The lowest BCUT2D eigenvalue weighted by atomic mass is 9.49. The zero-order chi connectivity index (χ0) is 11.9. The van der Waals surface area contributed by atoms with Gasteiger partial charge in [-0.05, 0) is 48.3 Å². The van der Waals surface area contributed by atoms with Crippen molar-refractivity contribution in [2.24, 2.45) is 29.1 Å². The first kappa shape index (κ1) is 12.5. The normalized spacial score (nSPS) is 49.1. The van der Waals surface area contributed by atoms with Gasteiger partial charge in [0.25, 0.3) is 0 Å². The lowest BCUT2D eigenvalue weighted by Crippen LogP contribution is -2.42. The first-order chi connectivity index (χ1) is 7.49. The Bertz CT molecular complexity index is 248. The molecular formula is C15H27B. The molecule has 0 aromatic heterocycles. The average Bonchev–Trinajstić information content (AvgIpc) is 2.66. The Morgan fingerprint density at radius 3 is 2.44 bits per heavy atom. The molecule has 0 aromatic rings. The van der Waals surface area contributed by atoms with Crippen LogP contribution in [0.1, 0.15) is 59.8 Å². The van der Waals surface area contributed by atoms with Crippen LogP contribution in [0.4, 0.5) is 0 Å². The Morgan fingerprint density at radius 2 is 1.81 bits per heavy atom. The van der Waals surface area contributed by atoms with Crippen LogP contribution in [-0.2, 0) is 0 Å². The molecule has 2 saturated carbocycles. The Hall–Kier alpha value is 0.0649. The molecule has 0 amide bonds. The van der Waals surface area contributed by atoms with Crippen LogP contribution >= 0.6 is 0 Å². The highest BCUT2D eigenvalue weighted by atomic mass is 14.6. The SMILES string of the molecule is [B]C1C(C)CCC2(CCCC2C(C)C)C1C. The summed E-state index contributed by atoms with van der Waals surface area (Å²) in [5, 5.41) is 0. The van der Waals surface area contributed by atoms with Crippen LogP contribution in [0.2, 0.25) is 5.82 Å². The first-order valence-corrected chi connectivity index (χ1v) is 7.24. The topological polar surface area (TPSA) is 0 Å². The summed E-state index contributed by atoms with van der Waals surface area (Å²) in [7, 11) is 6.44. The second-order valence-electron chi connectivity index (χ2n) is 6.86. The average molecular weight is 218 g/mol. The van der Waals surface area contributed by atoms with E-state index >= 15 is 0 Å². The van der Waals surface area contributed by atoms with Crippen molar-refractivity contribution in [1.82, 2.24) is 0 Å². The van der Waals surface area contributed by atoms with Crippen molar-refractivity contribution in [3.05, 3.63) is 0 Å². The summed E-state index contributed by atoms with van der Waals surface area (Å²) in [6.45, 7) is 9.59. The number of hydrogen-bond acceptors (Lipinski definition) is 0. The minimum absolute atomic E-state index is 0.438. The molecule has 0 nitrogen and oxygen atoms in total. The molecule has 2 radical (unpaired) electrons. The van der Waals surface area contributed by atoms with Crippen LogP contribution in [-0.4, -0.2) is 7.85 Å². The number of hydrogen-bond donors (Lipinski definition) is 0. The van der Waals surface area contributed by atoms with Crippen LogP contribution in [0.25, 0.3) is 0 Å². The third-order valence-corrected chi connectivity index (χ3v) is 5.91. The molecular weight excluding hydrogens is 191 g/mol. The fraction of sp³-hybridized carbons (Fsp3) is 1.00. The first-order valence-electron chi connectivity index (χ1n) is 7.24. The Morgan fingerprint density at radius 1 is 1.12 bits per heavy atom. The van der Waals surface area contributed by atoms with Gasteiger partial charge in [0.1, 0.15) is 0 Å². The van der Waals surface area contributed by atoms with Crippen LogP contribution in [0.3, 0.4) is 0 Å². The van der Waals surface area contributed by atoms with E-state index in [-0.39, 0.29) is 0 Å². The molecule has 1 spiro atoms. The summed E-state index contributed by atoms with van der Waals surface area (Å²) in [6.07, 6.45) is 7.12. The highest BCUT2D eigenvalue weighted by molar-refractivity contribution is 6.12. The molecule has 0 heterocycles. The van der Waals surface area contributed by atoms with Gasteiger partial charge in [0.15, 0.2) is 0 Å². The van der Waals surface area contributed by atoms with Gasteiger partial charge in [-0.25, -0.2) is 0 Å². The van der Waals surface area contributed by atoms with Crippen molar-refractivity contribution < 1.29 is 0 Å². The Kier molecular flexibility index (Phi) is 3.43. The third-order valence-electron chi connectivity index (χ3n) is 5.91. The zero-order valence-electron chi connectivity index (χ0n) is 11.5. The van der Waals surface area contributed by atoms with Gasteiger partial charge in [-0.15, -0.1) is 0 Å². The summed E-state index contributed by atoms with van der Waals surface area (Å²) in [4.78, 5) is 0. The van der Waals surface area contributed by atoms with Gasteiger partial charge in [-0.3, -0.25) is 0 Å². The van der Waals surface area contributed by atoms with Crippen molar-refractivity contribution in [2.75, 3.05) is 0 Å². The molecule has 2 rings (SSSR count). The lowest BCUT2D eigenvalue weighted by molar-refractivity contribution is 0.0186. The van der Waals surface area contributed by atoms with Crippen LogP contribution < -0.4 is 0 Å². The van der Waals surface area contributed by atoms with Gasteiger partial charge in [0, 0.05) is 0 Å². The van der Waals surface area contributed by atoms with E-state index in [0.717, 1.165) is 23.7 Å². The molecule has 0 bridgehead atoms. The van der Waals surface area contributed by atoms with Crippen molar-refractivity contribution >= 4 is 7.85 Å². The molecule has 16 heavy (non-hydrogen) atoms. The van der Waals surface area contributed by atoms with Gasteiger partial charge in [-0.1, -0.05) is 46.4 Å². The lowest BCUT2D eigenvalue weighted by Gasteiger charge is -2.51. The molecule has 0 N–H and O–H groups in total. The van der Waals surface area contributed by atoms with Gasteiger partial charge >= 0.3 is 0 Å². The maximum absolute atomic E-state index is 6.44. The van der Waals surface area contributed by atoms with Crippen molar-refractivity contribution in [1.29, 1.82) is 0 Å². The van der Waals surface area contributed by atoms with Crippen LogP contribution in [0.5, 0.6) is 0 Å². The molecule has 2 aliphatic rings. The standard InChI is InChI=1S/C15H27B/c1-10(2)13-6-5-8-15(13)9-7-11(3)14(16)12(15)4/h10-14H,5-9H2,1-4H3. The van der Waals surface area contributed by atoms with E-state index in [2.05, 4.69) is 27.7 Å². The quantitative estimate of drug-likeness (QED) is 0.570. The third kappa shape index (κ3) is 1.75. The van der Waals surface area contributed by atoms with Crippen LogP contribution in [0, 0.1) is 29.1 Å². The predicted molar refractivity (Wildman–Crippen MR) is 71.7 cm³/mol. The van der Waals surface area contributed by atoms with E-state index in [9.17, 15) is 0 Å². The second kappa shape index (κ2) is 4.39. The van der Waals surface area contributed by atoms with Crippen molar-refractivity contribution in [2.45, 2.75) is 65.6 Å². The second-order valence-corrected chi connectivity index (χ2v) is 6.86. The van der Waals surface area contributed by atoms with E-state index < -0.39 is 0 Å². The van der Waals surface area contributed by atoms with Gasteiger partial charge < -0.3 is 0 Å². The summed E-state index contributed by atoms with van der Waals surface area (Å²) >= 11 is 0. The minimum Gasteiger partial charge on any atom is -0.0718 e.